The lowest BCUT2D eigenvalue weighted by Gasteiger charge is -2.36. The van der Waals surface area contributed by atoms with Crippen LogP contribution in [0.4, 0.5) is 0 Å². The third-order valence-corrected chi connectivity index (χ3v) is 11.4. The summed E-state index contributed by atoms with van der Waals surface area (Å²) in [5.41, 5.74) is 2.46. The second-order valence-corrected chi connectivity index (χ2v) is 16.0. The highest BCUT2D eigenvalue weighted by atomic mass is 35.5. The number of esters is 2. The van der Waals surface area contributed by atoms with Gasteiger partial charge < -0.3 is 44.7 Å². The van der Waals surface area contributed by atoms with Crippen molar-refractivity contribution in [3.05, 3.63) is 117 Å². The zero-order valence-electron chi connectivity index (χ0n) is 35.5. The molecule has 0 saturated carbocycles. The Morgan fingerprint density at radius 3 is 1.78 bits per heavy atom. The maximum Gasteiger partial charge on any atom is 0.336 e. The molecule has 0 bridgehead atoms. The van der Waals surface area contributed by atoms with Crippen LogP contribution < -0.4 is 20.1 Å². The quantitative estimate of drug-likeness (QED) is 0.0436. The van der Waals surface area contributed by atoms with E-state index in [0.29, 0.717) is 59.1 Å². The van der Waals surface area contributed by atoms with E-state index in [9.17, 15) is 19.8 Å². The highest BCUT2D eigenvalue weighted by Gasteiger charge is 2.41. The van der Waals surface area contributed by atoms with E-state index in [-0.39, 0.29) is 37.5 Å². The maximum absolute atomic E-state index is 14.0. The lowest BCUT2D eigenvalue weighted by molar-refractivity contribution is -0.140. The fourth-order valence-corrected chi connectivity index (χ4v) is 7.34. The van der Waals surface area contributed by atoms with Gasteiger partial charge in [0.05, 0.1) is 40.3 Å². The average molecular weight is 869 g/mol. The van der Waals surface area contributed by atoms with Gasteiger partial charge in [-0.1, -0.05) is 97.4 Å². The van der Waals surface area contributed by atoms with Crippen molar-refractivity contribution in [2.45, 2.75) is 96.3 Å². The summed E-state index contributed by atoms with van der Waals surface area (Å²) in [5, 5.41) is 27.7. The number of carbonyl (C=O) groups is 2. The monoisotopic (exact) mass is 867 g/mol. The van der Waals surface area contributed by atoms with Gasteiger partial charge in [0, 0.05) is 37.6 Å². The van der Waals surface area contributed by atoms with Crippen molar-refractivity contribution in [3.8, 4) is 11.5 Å². The van der Waals surface area contributed by atoms with Crippen molar-refractivity contribution in [2.24, 2.45) is 0 Å². The molecule has 13 heteroatoms. The van der Waals surface area contributed by atoms with E-state index in [1.807, 2.05) is 86.5 Å². The molecule has 0 spiro atoms. The lowest BCUT2D eigenvalue weighted by Crippen LogP contribution is -2.36. The SMILES string of the molecule is CC1=C(C(=O)OCCCCCCNCC(O)COc2ccccc2)C(c2cccc(Cl)c2Cl)C(C(=O)OCCCCCC(C)NCC(O)COc2ccccc2)=C(C)N1C. The minimum absolute atomic E-state index is 0.195. The molecule has 4 rings (SSSR count). The molecule has 3 aromatic carbocycles. The molecule has 3 aromatic rings. The number of hydrogen-bond donors (Lipinski definition) is 4. The molecule has 1 heterocycles. The van der Waals surface area contributed by atoms with Crippen molar-refractivity contribution >= 4 is 35.1 Å². The second kappa shape index (κ2) is 26.3. The van der Waals surface area contributed by atoms with Crippen LogP contribution in [0.15, 0.2) is 101 Å². The molecule has 0 saturated heterocycles. The zero-order valence-corrected chi connectivity index (χ0v) is 37.0. The van der Waals surface area contributed by atoms with E-state index in [1.54, 1.807) is 18.2 Å². The second-order valence-electron chi connectivity index (χ2n) is 15.2. The Morgan fingerprint density at radius 2 is 1.22 bits per heavy atom. The number of allylic oxidation sites excluding steroid dienone is 2. The summed E-state index contributed by atoms with van der Waals surface area (Å²) in [6, 6.07) is 24.2. The predicted molar refractivity (Wildman–Crippen MR) is 237 cm³/mol. The van der Waals surface area contributed by atoms with Gasteiger partial charge in [-0.3, -0.25) is 0 Å². The van der Waals surface area contributed by atoms with E-state index in [2.05, 4.69) is 17.6 Å². The minimum atomic E-state index is -0.840. The van der Waals surface area contributed by atoms with Gasteiger partial charge in [0.15, 0.2) is 0 Å². The smallest absolute Gasteiger partial charge is 0.336 e. The molecule has 60 heavy (non-hydrogen) atoms. The van der Waals surface area contributed by atoms with Crippen LogP contribution >= 0.6 is 23.2 Å². The van der Waals surface area contributed by atoms with Crippen molar-refractivity contribution in [1.29, 1.82) is 0 Å². The molecule has 1 aliphatic heterocycles. The van der Waals surface area contributed by atoms with Crippen molar-refractivity contribution in [2.75, 3.05) is 53.1 Å². The third kappa shape index (κ3) is 15.7. The number of hydrogen-bond acceptors (Lipinski definition) is 11. The summed E-state index contributed by atoms with van der Waals surface area (Å²) in [5.74, 6) is -0.432. The van der Waals surface area contributed by atoms with Crippen LogP contribution in [-0.4, -0.2) is 98.4 Å². The number of para-hydroxylation sites is 2. The van der Waals surface area contributed by atoms with E-state index < -0.39 is 30.1 Å². The van der Waals surface area contributed by atoms with Crippen LogP contribution in [0.1, 0.15) is 83.6 Å². The molecule has 0 amide bonds. The first kappa shape index (κ1) is 48.6. The van der Waals surface area contributed by atoms with Gasteiger partial charge in [0.1, 0.15) is 36.9 Å². The van der Waals surface area contributed by atoms with E-state index in [1.165, 1.54) is 0 Å². The molecule has 11 nitrogen and oxygen atoms in total. The highest BCUT2D eigenvalue weighted by Crippen LogP contribution is 2.45. The molecule has 0 radical (unpaired) electrons. The molecule has 0 aliphatic carbocycles. The molecule has 4 atom stereocenters. The first-order valence-corrected chi connectivity index (χ1v) is 21.8. The fraction of sp³-hybridized carbons (Fsp3) is 0.489. The lowest BCUT2D eigenvalue weighted by atomic mass is 9.79. The van der Waals surface area contributed by atoms with Gasteiger partial charge in [0.2, 0.25) is 0 Å². The first-order valence-electron chi connectivity index (χ1n) is 21.1. The molecular weight excluding hydrogens is 805 g/mol. The van der Waals surface area contributed by atoms with E-state index in [4.69, 9.17) is 42.1 Å². The average Bonchev–Trinajstić information content (AvgIpc) is 3.25. The van der Waals surface area contributed by atoms with Crippen LogP contribution in [0.3, 0.4) is 0 Å². The summed E-state index contributed by atoms with van der Waals surface area (Å²) in [4.78, 5) is 29.7. The summed E-state index contributed by atoms with van der Waals surface area (Å²) >= 11 is 13.3. The summed E-state index contributed by atoms with van der Waals surface area (Å²) in [6.07, 6.45) is 5.46. The third-order valence-electron chi connectivity index (χ3n) is 10.5. The van der Waals surface area contributed by atoms with Gasteiger partial charge in [-0.25, -0.2) is 9.59 Å². The maximum atomic E-state index is 14.0. The standard InChI is InChI=1S/C47H63Cl2N3O8/c1-33(51-30-37(54)32-60-39-22-13-8-14-23-39)19-10-9-17-28-58-47(56)43-35(3)52(4)34(2)42(44(43)40-24-18-25-41(48)45(40)49)46(55)57-27-16-6-5-15-26-50-29-36(53)31-59-38-20-11-7-12-21-38/h7-8,11-14,18,20-25,33,36-37,44,50-51,53-54H,5-6,9-10,15-17,19,26-32H2,1-4H3. The Balaban J connectivity index is 1.22. The largest absolute Gasteiger partial charge is 0.491 e. The number of halogens is 2. The van der Waals surface area contributed by atoms with Crippen LogP contribution in [0.2, 0.25) is 10.0 Å². The number of nitrogens with zero attached hydrogens (tertiary/aromatic N) is 1. The highest BCUT2D eigenvalue weighted by molar-refractivity contribution is 6.42. The number of ether oxygens (including phenoxy) is 4. The number of aliphatic hydroxyl groups is 2. The van der Waals surface area contributed by atoms with Crippen molar-refractivity contribution in [3.63, 3.8) is 0 Å². The molecule has 0 aromatic heterocycles. The topological polar surface area (TPSA) is 139 Å². The number of unbranched alkanes of at least 4 members (excludes halogenated alkanes) is 5. The van der Waals surface area contributed by atoms with E-state index >= 15 is 0 Å². The Morgan fingerprint density at radius 1 is 0.700 bits per heavy atom. The molecule has 0 fully saturated rings. The Hall–Kier alpha value is -4.10. The minimum Gasteiger partial charge on any atom is -0.491 e. The summed E-state index contributed by atoms with van der Waals surface area (Å²) in [6.45, 7) is 8.23. The number of rotatable bonds is 27. The Kier molecular flexibility index (Phi) is 21.3. The molecule has 4 unspecified atom stereocenters. The number of aliphatic hydroxyl groups excluding tert-OH is 2. The van der Waals surface area contributed by atoms with Gasteiger partial charge in [-0.05, 0) is 88.9 Å². The molecule has 4 N–H and O–H groups in total. The fourth-order valence-electron chi connectivity index (χ4n) is 6.92. The zero-order chi connectivity index (χ0) is 43.3. The predicted octanol–water partition coefficient (Wildman–Crippen LogP) is 8.23. The number of carbonyl (C=O) groups excluding carboxylic acids is 2. The number of benzene rings is 3. The van der Waals surface area contributed by atoms with E-state index in [0.717, 1.165) is 56.6 Å². The van der Waals surface area contributed by atoms with Crippen LogP contribution in [0, 0.1) is 0 Å². The molecule has 328 valence electrons. The normalized spacial score (nSPS) is 15.7. The Bertz CT molecular complexity index is 1830. The summed E-state index contributed by atoms with van der Waals surface area (Å²) < 4.78 is 23.0. The van der Waals surface area contributed by atoms with Gasteiger partial charge >= 0.3 is 11.9 Å². The van der Waals surface area contributed by atoms with Crippen molar-refractivity contribution in [1.82, 2.24) is 15.5 Å². The van der Waals surface area contributed by atoms with Gasteiger partial charge in [-0.2, -0.15) is 0 Å². The first-order chi connectivity index (χ1) is 29.0. The molecular formula is C47H63Cl2N3O8. The number of nitrogens with one attached hydrogen (secondary N) is 2. The van der Waals surface area contributed by atoms with Crippen LogP contribution in [0.25, 0.3) is 0 Å². The van der Waals surface area contributed by atoms with Crippen molar-refractivity contribution < 1.29 is 38.7 Å². The van der Waals surface area contributed by atoms with Gasteiger partial charge in [-0.15, -0.1) is 0 Å². The summed E-state index contributed by atoms with van der Waals surface area (Å²) in [7, 11) is 1.81. The van der Waals surface area contributed by atoms with Gasteiger partial charge in [0.25, 0.3) is 0 Å². The molecule has 1 aliphatic rings. The Labute approximate surface area is 366 Å². The van der Waals surface area contributed by atoms with Crippen LogP contribution in [-0.2, 0) is 19.1 Å². The van der Waals surface area contributed by atoms with Crippen LogP contribution in [0.5, 0.6) is 11.5 Å².